The predicted octanol–water partition coefficient (Wildman–Crippen LogP) is 4.55. The van der Waals surface area contributed by atoms with E-state index in [0.717, 1.165) is 25.2 Å². The van der Waals surface area contributed by atoms with Gasteiger partial charge in [0.15, 0.2) is 17.6 Å². The van der Waals surface area contributed by atoms with Gasteiger partial charge in [-0.1, -0.05) is 18.5 Å². The molecule has 1 aliphatic rings. The van der Waals surface area contributed by atoms with Crippen LogP contribution in [0.5, 0.6) is 11.5 Å². The average Bonchev–Trinajstić information content (AvgIpc) is 2.84. The second-order valence-electron chi connectivity index (χ2n) is 7.75. The number of anilines is 2. The van der Waals surface area contributed by atoms with Gasteiger partial charge >= 0.3 is 5.97 Å². The van der Waals surface area contributed by atoms with Crippen LogP contribution in [0.1, 0.15) is 37.6 Å². The number of ether oxygens (including phenoxy) is 4. The molecule has 2 aromatic rings. The van der Waals surface area contributed by atoms with Crippen molar-refractivity contribution in [1.82, 2.24) is 0 Å². The van der Waals surface area contributed by atoms with Gasteiger partial charge in [0.25, 0.3) is 5.91 Å². The highest BCUT2D eigenvalue weighted by molar-refractivity contribution is 6.32. The standard InChI is InChI=1S/C25H31ClN2O6/c1-4-12-33-23-21(26)15-18(16-22(23)32-5-2)25(30)34-17(3)24(29)27-19-6-8-20(9-7-19)28-10-13-31-14-11-28/h6-9,15-17H,4-5,10-14H2,1-3H3,(H,27,29). The summed E-state index contributed by atoms with van der Waals surface area (Å²) in [6, 6.07) is 10.5. The van der Waals surface area contributed by atoms with E-state index in [1.54, 1.807) is 0 Å². The van der Waals surface area contributed by atoms with Gasteiger partial charge in [-0.3, -0.25) is 4.79 Å². The zero-order chi connectivity index (χ0) is 24.5. The maximum Gasteiger partial charge on any atom is 0.339 e. The van der Waals surface area contributed by atoms with E-state index in [9.17, 15) is 9.59 Å². The molecule has 1 N–H and O–H groups in total. The zero-order valence-electron chi connectivity index (χ0n) is 19.8. The number of morpholine rings is 1. The molecule has 0 saturated carbocycles. The molecule has 0 aromatic heterocycles. The monoisotopic (exact) mass is 490 g/mol. The number of benzene rings is 2. The van der Waals surface area contributed by atoms with E-state index >= 15 is 0 Å². The number of hydrogen-bond donors (Lipinski definition) is 1. The van der Waals surface area contributed by atoms with Gasteiger partial charge in [-0.2, -0.15) is 0 Å². The maximum absolute atomic E-state index is 12.7. The first-order valence-corrected chi connectivity index (χ1v) is 11.8. The Morgan fingerprint density at radius 3 is 2.47 bits per heavy atom. The maximum atomic E-state index is 12.7. The quantitative estimate of drug-likeness (QED) is 0.489. The highest BCUT2D eigenvalue weighted by Crippen LogP contribution is 2.37. The molecule has 0 aliphatic carbocycles. The summed E-state index contributed by atoms with van der Waals surface area (Å²) < 4.78 is 22.0. The van der Waals surface area contributed by atoms with Gasteiger partial charge in [-0.15, -0.1) is 0 Å². The molecule has 0 radical (unpaired) electrons. The van der Waals surface area contributed by atoms with Crippen molar-refractivity contribution < 1.29 is 28.5 Å². The molecule has 1 saturated heterocycles. The van der Waals surface area contributed by atoms with Gasteiger partial charge in [-0.25, -0.2) is 4.79 Å². The third-order valence-corrected chi connectivity index (χ3v) is 5.44. The van der Waals surface area contributed by atoms with E-state index in [2.05, 4.69) is 10.2 Å². The minimum absolute atomic E-state index is 0.173. The summed E-state index contributed by atoms with van der Waals surface area (Å²) in [5, 5.41) is 3.01. The molecule has 1 amide bonds. The van der Waals surface area contributed by atoms with Gasteiger partial charge in [0.1, 0.15) is 0 Å². The molecular formula is C25H31ClN2O6. The molecule has 2 aromatic carbocycles. The first-order chi connectivity index (χ1) is 16.4. The smallest absolute Gasteiger partial charge is 0.339 e. The molecule has 34 heavy (non-hydrogen) atoms. The number of nitrogens with zero attached hydrogens (tertiary/aromatic N) is 1. The van der Waals surface area contributed by atoms with E-state index in [1.807, 2.05) is 38.1 Å². The summed E-state index contributed by atoms with van der Waals surface area (Å²) in [6.45, 7) is 9.22. The Hall–Kier alpha value is -2.97. The normalized spacial score (nSPS) is 14.3. The summed E-state index contributed by atoms with van der Waals surface area (Å²) in [6.07, 6.45) is -0.217. The molecule has 1 aliphatic heterocycles. The van der Waals surface area contributed by atoms with E-state index in [1.165, 1.54) is 19.1 Å². The van der Waals surface area contributed by atoms with Gasteiger partial charge in [0.2, 0.25) is 0 Å². The Bertz CT molecular complexity index is 976. The van der Waals surface area contributed by atoms with Gasteiger partial charge in [0, 0.05) is 24.5 Å². The van der Waals surface area contributed by atoms with Crippen LogP contribution in [0.3, 0.4) is 0 Å². The largest absolute Gasteiger partial charge is 0.490 e. The van der Waals surface area contributed by atoms with Crippen LogP contribution in [0.25, 0.3) is 0 Å². The fraction of sp³-hybridized carbons (Fsp3) is 0.440. The van der Waals surface area contributed by atoms with Crippen molar-refractivity contribution >= 4 is 34.9 Å². The highest BCUT2D eigenvalue weighted by Gasteiger charge is 2.22. The molecule has 8 nitrogen and oxygen atoms in total. The number of halogens is 1. The summed E-state index contributed by atoms with van der Waals surface area (Å²) in [5.74, 6) is -0.386. The van der Waals surface area contributed by atoms with Gasteiger partial charge < -0.3 is 29.2 Å². The molecule has 0 spiro atoms. The molecule has 1 atom stereocenters. The minimum atomic E-state index is -1.02. The lowest BCUT2D eigenvalue weighted by molar-refractivity contribution is -0.123. The Balaban J connectivity index is 1.61. The van der Waals surface area contributed by atoms with Crippen LogP contribution in [0.2, 0.25) is 5.02 Å². The second-order valence-corrected chi connectivity index (χ2v) is 8.16. The lowest BCUT2D eigenvalue weighted by Crippen LogP contribution is -2.36. The number of carbonyl (C=O) groups excluding carboxylic acids is 2. The number of amides is 1. The number of hydrogen-bond acceptors (Lipinski definition) is 7. The van der Waals surface area contributed by atoms with Gasteiger partial charge in [-0.05, 0) is 56.7 Å². The summed E-state index contributed by atoms with van der Waals surface area (Å²) in [7, 11) is 0. The van der Waals surface area contributed by atoms with E-state index in [0.29, 0.717) is 43.6 Å². The number of carbonyl (C=O) groups is 2. The number of esters is 1. The van der Waals surface area contributed by atoms with Crippen LogP contribution in [-0.4, -0.2) is 57.5 Å². The van der Waals surface area contributed by atoms with Crippen molar-refractivity contribution in [1.29, 1.82) is 0 Å². The summed E-state index contributed by atoms with van der Waals surface area (Å²) in [5.41, 5.74) is 1.85. The average molecular weight is 491 g/mol. The SMILES string of the molecule is CCCOc1c(Cl)cc(C(=O)OC(C)C(=O)Nc2ccc(N3CCOCC3)cc2)cc1OCC. The first kappa shape index (κ1) is 25.6. The van der Waals surface area contributed by atoms with E-state index in [4.69, 9.17) is 30.5 Å². The van der Waals surface area contributed by atoms with Crippen molar-refractivity contribution in [3.05, 3.63) is 47.0 Å². The number of nitrogens with one attached hydrogen (secondary N) is 1. The van der Waals surface area contributed by atoms with Crippen molar-refractivity contribution in [3.8, 4) is 11.5 Å². The molecular weight excluding hydrogens is 460 g/mol. The van der Waals surface area contributed by atoms with Crippen LogP contribution in [0.4, 0.5) is 11.4 Å². The zero-order valence-corrected chi connectivity index (χ0v) is 20.5. The predicted molar refractivity (Wildman–Crippen MR) is 131 cm³/mol. The Morgan fingerprint density at radius 1 is 1.12 bits per heavy atom. The summed E-state index contributed by atoms with van der Waals surface area (Å²) in [4.78, 5) is 27.5. The lowest BCUT2D eigenvalue weighted by atomic mass is 10.2. The fourth-order valence-corrected chi connectivity index (χ4v) is 3.66. The van der Waals surface area contributed by atoms with Crippen LogP contribution in [0.15, 0.2) is 36.4 Å². The molecule has 3 rings (SSSR count). The molecule has 9 heteroatoms. The third-order valence-electron chi connectivity index (χ3n) is 5.16. The van der Waals surface area contributed by atoms with Crippen LogP contribution < -0.4 is 19.7 Å². The summed E-state index contributed by atoms with van der Waals surface area (Å²) >= 11 is 6.32. The Labute approximate surface area is 205 Å². The van der Waals surface area contributed by atoms with Crippen LogP contribution in [0, 0.1) is 0 Å². The van der Waals surface area contributed by atoms with Crippen LogP contribution >= 0.6 is 11.6 Å². The van der Waals surface area contributed by atoms with Crippen molar-refractivity contribution in [2.45, 2.75) is 33.3 Å². The molecule has 1 unspecified atom stereocenters. The molecule has 0 bridgehead atoms. The topological polar surface area (TPSA) is 86.3 Å². The second kappa shape index (κ2) is 12.5. The number of rotatable bonds is 10. The minimum Gasteiger partial charge on any atom is -0.490 e. The van der Waals surface area contributed by atoms with Crippen LogP contribution in [-0.2, 0) is 14.3 Å². The molecule has 1 fully saturated rings. The van der Waals surface area contributed by atoms with E-state index < -0.39 is 18.0 Å². The lowest BCUT2D eigenvalue weighted by Gasteiger charge is -2.28. The van der Waals surface area contributed by atoms with Crippen molar-refractivity contribution in [3.63, 3.8) is 0 Å². The first-order valence-electron chi connectivity index (χ1n) is 11.5. The van der Waals surface area contributed by atoms with Crippen molar-refractivity contribution in [2.24, 2.45) is 0 Å². The Kier molecular flexibility index (Phi) is 9.42. The van der Waals surface area contributed by atoms with Crippen molar-refractivity contribution in [2.75, 3.05) is 49.7 Å². The van der Waals surface area contributed by atoms with Gasteiger partial charge in [0.05, 0.1) is 37.0 Å². The molecule has 184 valence electrons. The Morgan fingerprint density at radius 2 is 1.82 bits per heavy atom. The third kappa shape index (κ3) is 6.77. The van der Waals surface area contributed by atoms with E-state index in [-0.39, 0.29) is 10.6 Å². The molecule has 1 heterocycles. The fourth-order valence-electron chi connectivity index (χ4n) is 3.40. The highest BCUT2D eigenvalue weighted by atomic mass is 35.5.